The standard InChI is InChI=1S/C13H21N5/c1-9-12(8-17(4)16-9)6-14-10(2)13-7-15-18(5)11(13)3/h7-8,10,14H,6H2,1-5H3. The number of nitrogens with zero attached hydrogens (tertiary/aromatic N) is 4. The van der Waals surface area contributed by atoms with Gasteiger partial charge in [-0.05, 0) is 20.8 Å². The highest BCUT2D eigenvalue weighted by Crippen LogP contribution is 2.17. The van der Waals surface area contributed by atoms with Crippen molar-refractivity contribution in [3.63, 3.8) is 0 Å². The van der Waals surface area contributed by atoms with Crippen LogP contribution in [0.3, 0.4) is 0 Å². The van der Waals surface area contributed by atoms with Crippen molar-refractivity contribution in [2.45, 2.75) is 33.4 Å². The minimum absolute atomic E-state index is 0.290. The maximum atomic E-state index is 4.34. The fourth-order valence-corrected chi connectivity index (χ4v) is 2.14. The molecule has 0 bridgehead atoms. The summed E-state index contributed by atoms with van der Waals surface area (Å²) >= 11 is 0. The summed E-state index contributed by atoms with van der Waals surface area (Å²) < 4.78 is 3.76. The van der Waals surface area contributed by atoms with Crippen LogP contribution in [0.15, 0.2) is 12.4 Å². The van der Waals surface area contributed by atoms with Gasteiger partial charge in [-0.1, -0.05) is 0 Å². The molecule has 0 aliphatic carbocycles. The molecule has 2 aromatic heterocycles. The van der Waals surface area contributed by atoms with Gasteiger partial charge in [0.05, 0.1) is 11.9 Å². The van der Waals surface area contributed by atoms with E-state index in [9.17, 15) is 0 Å². The molecule has 0 saturated carbocycles. The summed E-state index contributed by atoms with van der Waals surface area (Å²) in [4.78, 5) is 0. The fraction of sp³-hybridized carbons (Fsp3) is 0.538. The molecule has 0 amide bonds. The van der Waals surface area contributed by atoms with Gasteiger partial charge in [-0.25, -0.2) is 0 Å². The van der Waals surface area contributed by atoms with Crippen molar-refractivity contribution in [2.24, 2.45) is 14.1 Å². The van der Waals surface area contributed by atoms with Gasteiger partial charge in [0.25, 0.3) is 0 Å². The molecule has 5 nitrogen and oxygen atoms in total. The zero-order valence-corrected chi connectivity index (χ0v) is 11.7. The van der Waals surface area contributed by atoms with Crippen molar-refractivity contribution in [2.75, 3.05) is 0 Å². The Hall–Kier alpha value is -1.62. The molecule has 0 fully saturated rings. The first-order valence-corrected chi connectivity index (χ1v) is 6.20. The second-order valence-electron chi connectivity index (χ2n) is 4.82. The molecule has 1 unspecified atom stereocenters. The van der Waals surface area contributed by atoms with Gasteiger partial charge >= 0.3 is 0 Å². The minimum atomic E-state index is 0.290. The van der Waals surface area contributed by atoms with Crippen LogP contribution >= 0.6 is 0 Å². The van der Waals surface area contributed by atoms with Crippen molar-refractivity contribution < 1.29 is 0 Å². The number of rotatable bonds is 4. The van der Waals surface area contributed by atoms with E-state index in [1.54, 1.807) is 0 Å². The Morgan fingerprint density at radius 2 is 2.06 bits per heavy atom. The number of nitrogens with one attached hydrogen (secondary N) is 1. The minimum Gasteiger partial charge on any atom is -0.306 e. The number of hydrogen-bond acceptors (Lipinski definition) is 3. The monoisotopic (exact) mass is 247 g/mol. The molecular formula is C13H21N5. The summed E-state index contributed by atoms with van der Waals surface area (Å²) in [6.45, 7) is 7.12. The Bertz CT molecular complexity index is 538. The molecule has 0 aliphatic rings. The van der Waals surface area contributed by atoms with E-state index in [0.717, 1.165) is 12.2 Å². The predicted octanol–water partition coefficient (Wildman–Crippen LogP) is 1.62. The first kappa shape index (κ1) is 12.8. The zero-order valence-electron chi connectivity index (χ0n) is 11.7. The molecule has 2 heterocycles. The molecule has 2 aromatic rings. The van der Waals surface area contributed by atoms with Crippen LogP contribution in [0.25, 0.3) is 0 Å². The Balaban J connectivity index is 2.02. The maximum absolute atomic E-state index is 4.34. The largest absolute Gasteiger partial charge is 0.306 e. The van der Waals surface area contributed by atoms with Crippen molar-refractivity contribution in [3.8, 4) is 0 Å². The molecule has 98 valence electrons. The molecule has 0 saturated heterocycles. The molecular weight excluding hydrogens is 226 g/mol. The van der Waals surface area contributed by atoms with Gasteiger partial charge in [-0.3, -0.25) is 9.36 Å². The summed E-state index contributed by atoms with van der Waals surface area (Å²) in [5.41, 5.74) is 4.78. The highest BCUT2D eigenvalue weighted by atomic mass is 15.3. The van der Waals surface area contributed by atoms with Gasteiger partial charge < -0.3 is 5.32 Å². The average Bonchev–Trinajstić information content (AvgIpc) is 2.80. The smallest absolute Gasteiger partial charge is 0.0638 e. The summed E-state index contributed by atoms with van der Waals surface area (Å²) in [6, 6.07) is 0.290. The number of hydrogen-bond donors (Lipinski definition) is 1. The van der Waals surface area contributed by atoms with Crippen LogP contribution in [0, 0.1) is 13.8 Å². The highest BCUT2D eigenvalue weighted by molar-refractivity contribution is 5.21. The van der Waals surface area contributed by atoms with Crippen LogP contribution in [-0.4, -0.2) is 19.6 Å². The van der Waals surface area contributed by atoms with E-state index in [-0.39, 0.29) is 0 Å². The Kier molecular flexibility index (Phi) is 3.52. The first-order valence-electron chi connectivity index (χ1n) is 6.20. The van der Waals surface area contributed by atoms with Crippen LogP contribution < -0.4 is 5.32 Å². The lowest BCUT2D eigenvalue weighted by Crippen LogP contribution is -2.18. The lowest BCUT2D eigenvalue weighted by Gasteiger charge is -2.13. The van der Waals surface area contributed by atoms with E-state index in [1.165, 1.54) is 16.8 Å². The van der Waals surface area contributed by atoms with Crippen molar-refractivity contribution in [1.29, 1.82) is 0 Å². The third kappa shape index (κ3) is 2.46. The van der Waals surface area contributed by atoms with Gasteiger partial charge in [0, 0.05) is 49.7 Å². The second kappa shape index (κ2) is 4.94. The Labute approximate surface area is 108 Å². The fourth-order valence-electron chi connectivity index (χ4n) is 2.14. The van der Waals surface area contributed by atoms with Crippen molar-refractivity contribution in [1.82, 2.24) is 24.9 Å². The highest BCUT2D eigenvalue weighted by Gasteiger charge is 2.12. The molecule has 0 aliphatic heterocycles. The van der Waals surface area contributed by atoms with Gasteiger partial charge in [-0.15, -0.1) is 0 Å². The summed E-state index contributed by atoms with van der Waals surface area (Å²) in [5.74, 6) is 0. The SMILES string of the molecule is Cc1nn(C)cc1CNC(C)c1cnn(C)c1C. The van der Waals surface area contributed by atoms with Crippen LogP contribution in [0.5, 0.6) is 0 Å². The Morgan fingerprint density at radius 1 is 1.33 bits per heavy atom. The Morgan fingerprint density at radius 3 is 2.56 bits per heavy atom. The summed E-state index contributed by atoms with van der Waals surface area (Å²) in [5, 5.41) is 12.1. The van der Waals surface area contributed by atoms with E-state index < -0.39 is 0 Å². The summed E-state index contributed by atoms with van der Waals surface area (Å²) in [6.07, 6.45) is 3.99. The number of aryl methyl sites for hydroxylation is 3. The van der Waals surface area contributed by atoms with Gasteiger partial charge in [0.1, 0.15) is 0 Å². The van der Waals surface area contributed by atoms with Crippen molar-refractivity contribution >= 4 is 0 Å². The quantitative estimate of drug-likeness (QED) is 0.893. The third-order valence-corrected chi connectivity index (χ3v) is 3.45. The van der Waals surface area contributed by atoms with Crippen LogP contribution in [0.4, 0.5) is 0 Å². The van der Waals surface area contributed by atoms with E-state index in [2.05, 4.69) is 35.6 Å². The lowest BCUT2D eigenvalue weighted by atomic mass is 10.1. The average molecular weight is 247 g/mol. The first-order chi connectivity index (χ1) is 8.49. The van der Waals surface area contributed by atoms with E-state index in [0.29, 0.717) is 6.04 Å². The molecule has 0 spiro atoms. The van der Waals surface area contributed by atoms with E-state index in [1.807, 2.05) is 36.6 Å². The molecule has 18 heavy (non-hydrogen) atoms. The van der Waals surface area contributed by atoms with Gasteiger partial charge in [-0.2, -0.15) is 10.2 Å². The molecule has 1 atom stereocenters. The molecule has 2 rings (SSSR count). The molecule has 1 N–H and O–H groups in total. The molecule has 0 aromatic carbocycles. The topological polar surface area (TPSA) is 47.7 Å². The zero-order chi connectivity index (χ0) is 13.3. The van der Waals surface area contributed by atoms with E-state index >= 15 is 0 Å². The van der Waals surface area contributed by atoms with Gasteiger partial charge in [0.15, 0.2) is 0 Å². The summed E-state index contributed by atoms with van der Waals surface area (Å²) in [7, 11) is 3.92. The predicted molar refractivity (Wildman–Crippen MR) is 71.1 cm³/mol. The third-order valence-electron chi connectivity index (χ3n) is 3.45. The number of aromatic nitrogens is 4. The van der Waals surface area contributed by atoms with Crippen LogP contribution in [0.1, 0.15) is 35.5 Å². The molecule has 0 radical (unpaired) electrons. The van der Waals surface area contributed by atoms with E-state index in [4.69, 9.17) is 0 Å². The second-order valence-corrected chi connectivity index (χ2v) is 4.82. The van der Waals surface area contributed by atoms with Crippen LogP contribution in [-0.2, 0) is 20.6 Å². The molecule has 5 heteroatoms. The normalized spacial score (nSPS) is 12.9. The van der Waals surface area contributed by atoms with Crippen molar-refractivity contribution in [3.05, 3.63) is 34.9 Å². The maximum Gasteiger partial charge on any atom is 0.0638 e. The van der Waals surface area contributed by atoms with Gasteiger partial charge in [0.2, 0.25) is 0 Å². The lowest BCUT2D eigenvalue weighted by molar-refractivity contribution is 0.569. The van der Waals surface area contributed by atoms with Crippen LogP contribution in [0.2, 0.25) is 0 Å².